The van der Waals surface area contributed by atoms with Gasteiger partial charge in [-0.2, -0.15) is 0 Å². The first-order chi connectivity index (χ1) is 14.5. The van der Waals surface area contributed by atoms with Gasteiger partial charge in [0.2, 0.25) is 0 Å². The van der Waals surface area contributed by atoms with Crippen molar-refractivity contribution >= 4 is 11.6 Å². The van der Waals surface area contributed by atoms with Gasteiger partial charge in [0.1, 0.15) is 5.75 Å². The molecule has 172 valence electrons. The summed E-state index contributed by atoms with van der Waals surface area (Å²) in [5.41, 5.74) is 8.59. The molecule has 0 spiro atoms. The Labute approximate surface area is 181 Å². The topological polar surface area (TPSA) is 95.3 Å². The highest BCUT2D eigenvalue weighted by Gasteiger charge is 2.10. The van der Waals surface area contributed by atoms with Gasteiger partial charge in [0.25, 0.3) is 5.91 Å². The highest BCUT2D eigenvalue weighted by molar-refractivity contribution is 5.77. The van der Waals surface area contributed by atoms with Crippen molar-refractivity contribution in [2.45, 2.75) is 26.7 Å². The van der Waals surface area contributed by atoms with E-state index in [1.54, 1.807) is 11.9 Å². The molecule has 8 nitrogen and oxygen atoms in total. The molecule has 30 heavy (non-hydrogen) atoms. The van der Waals surface area contributed by atoms with Crippen LogP contribution in [0, 0.1) is 13.8 Å². The van der Waals surface area contributed by atoms with E-state index in [0.717, 1.165) is 42.8 Å². The van der Waals surface area contributed by atoms with Gasteiger partial charge in [-0.1, -0.05) is 0 Å². The lowest BCUT2D eigenvalue weighted by Crippen LogP contribution is -2.32. The lowest BCUT2D eigenvalue weighted by molar-refractivity contribution is -0.132. The number of aryl methyl sites for hydroxylation is 2. The second kappa shape index (κ2) is 15.9. The molecule has 0 aromatic heterocycles. The Kier molecular flexibility index (Phi) is 13.9. The second-order valence-corrected chi connectivity index (χ2v) is 7.22. The number of carbonyl (C=O) groups excluding carboxylic acids is 1. The summed E-state index contributed by atoms with van der Waals surface area (Å²) in [5.74, 6) is 0.591. The molecule has 1 amide bonds. The summed E-state index contributed by atoms with van der Waals surface area (Å²) in [6, 6.07) is 3.70. The lowest BCUT2D eigenvalue weighted by atomic mass is 10.1. The van der Waals surface area contributed by atoms with Crippen molar-refractivity contribution in [3.8, 4) is 5.75 Å². The van der Waals surface area contributed by atoms with Crippen molar-refractivity contribution in [1.29, 1.82) is 0 Å². The van der Waals surface area contributed by atoms with Crippen LogP contribution in [0.3, 0.4) is 0 Å². The number of rotatable bonds is 17. The van der Waals surface area contributed by atoms with E-state index in [4.69, 9.17) is 24.7 Å². The maximum Gasteiger partial charge on any atom is 0.260 e. The lowest BCUT2D eigenvalue weighted by Gasteiger charge is -2.18. The van der Waals surface area contributed by atoms with Crippen LogP contribution in [0.15, 0.2) is 12.1 Å². The van der Waals surface area contributed by atoms with Crippen molar-refractivity contribution in [1.82, 2.24) is 10.2 Å². The molecule has 0 aliphatic heterocycles. The Balaban J connectivity index is 2.01. The maximum atomic E-state index is 12.2. The van der Waals surface area contributed by atoms with Crippen LogP contribution in [0.4, 0.5) is 5.69 Å². The molecule has 0 saturated carbocycles. The van der Waals surface area contributed by atoms with E-state index in [9.17, 15) is 4.79 Å². The number of nitrogens with zero attached hydrogens (tertiary/aromatic N) is 1. The number of hydrogen-bond acceptors (Lipinski definition) is 7. The molecular weight excluding hydrogens is 386 g/mol. The molecule has 0 saturated heterocycles. The number of anilines is 1. The number of benzene rings is 1. The predicted octanol–water partition coefficient (Wildman–Crippen LogP) is 1.77. The number of hydrogen-bond donors (Lipinski definition) is 2. The average molecular weight is 426 g/mol. The van der Waals surface area contributed by atoms with Crippen molar-refractivity contribution in [3.05, 3.63) is 23.3 Å². The number of nitrogen functional groups attached to an aromatic ring is 1. The third-order valence-electron chi connectivity index (χ3n) is 4.60. The van der Waals surface area contributed by atoms with Gasteiger partial charge in [0.15, 0.2) is 6.61 Å². The number of likely N-dealkylation sites (N-methyl/N-ethyl adjacent to an activating group) is 1. The van der Waals surface area contributed by atoms with E-state index in [1.807, 2.05) is 33.0 Å². The molecule has 0 radical (unpaired) electrons. The van der Waals surface area contributed by atoms with Gasteiger partial charge < -0.3 is 34.9 Å². The zero-order chi connectivity index (χ0) is 22.2. The predicted molar refractivity (Wildman–Crippen MR) is 119 cm³/mol. The minimum atomic E-state index is -0.0693. The van der Waals surface area contributed by atoms with Crippen LogP contribution in [-0.4, -0.2) is 84.2 Å². The monoisotopic (exact) mass is 425 g/mol. The summed E-state index contributed by atoms with van der Waals surface area (Å²) in [6.07, 6.45) is 1.76. The number of ether oxygens (including phenoxy) is 4. The normalized spacial score (nSPS) is 10.9. The fraction of sp³-hybridized carbons (Fsp3) is 0.682. The molecule has 1 aromatic rings. The van der Waals surface area contributed by atoms with Gasteiger partial charge in [-0.15, -0.1) is 0 Å². The largest absolute Gasteiger partial charge is 0.484 e. The smallest absolute Gasteiger partial charge is 0.260 e. The molecule has 1 rings (SSSR count). The quantitative estimate of drug-likeness (QED) is 0.290. The molecule has 0 atom stereocenters. The molecule has 0 aliphatic carbocycles. The fourth-order valence-corrected chi connectivity index (χ4v) is 2.69. The maximum absolute atomic E-state index is 12.2. The van der Waals surface area contributed by atoms with Gasteiger partial charge in [-0.05, 0) is 63.5 Å². The highest BCUT2D eigenvalue weighted by atomic mass is 16.5. The van der Waals surface area contributed by atoms with Crippen LogP contribution in [-0.2, 0) is 19.0 Å². The molecule has 0 fully saturated rings. The van der Waals surface area contributed by atoms with Gasteiger partial charge in [0.05, 0.1) is 26.4 Å². The highest BCUT2D eigenvalue weighted by Crippen LogP contribution is 2.23. The van der Waals surface area contributed by atoms with Crippen molar-refractivity contribution < 1.29 is 23.7 Å². The first-order valence-corrected chi connectivity index (χ1v) is 10.6. The molecule has 0 aliphatic rings. The molecule has 0 bridgehead atoms. The van der Waals surface area contributed by atoms with Crippen molar-refractivity contribution in [2.75, 3.05) is 79.2 Å². The van der Waals surface area contributed by atoms with Gasteiger partial charge in [-0.3, -0.25) is 4.79 Å². The van der Waals surface area contributed by atoms with Gasteiger partial charge >= 0.3 is 0 Å². The summed E-state index contributed by atoms with van der Waals surface area (Å²) in [4.78, 5) is 13.9. The minimum Gasteiger partial charge on any atom is -0.484 e. The Morgan fingerprint density at radius 3 is 2.07 bits per heavy atom. The standard InChI is InChI=1S/C22H39N3O5/c1-18-15-20(16-19(2)22(18)23)30-17-21(26)25(4)8-6-10-28-12-14-29-13-11-27-9-5-7-24-3/h15-16,24H,5-14,17,23H2,1-4H3. The Hall–Kier alpha value is -1.87. The number of amides is 1. The van der Waals surface area contributed by atoms with E-state index < -0.39 is 0 Å². The van der Waals surface area contributed by atoms with E-state index in [-0.39, 0.29) is 12.5 Å². The molecule has 0 heterocycles. The Morgan fingerprint density at radius 2 is 1.50 bits per heavy atom. The fourth-order valence-electron chi connectivity index (χ4n) is 2.69. The SMILES string of the molecule is CNCCCOCCOCCOCCCN(C)C(=O)COc1cc(C)c(N)c(C)c1. The summed E-state index contributed by atoms with van der Waals surface area (Å²) in [5, 5.41) is 3.07. The van der Waals surface area contributed by atoms with E-state index in [1.165, 1.54) is 0 Å². The molecule has 0 unspecified atom stereocenters. The van der Waals surface area contributed by atoms with Crippen LogP contribution in [0.1, 0.15) is 24.0 Å². The Bertz CT molecular complexity index is 589. The van der Waals surface area contributed by atoms with Crippen molar-refractivity contribution in [2.24, 2.45) is 0 Å². The first-order valence-electron chi connectivity index (χ1n) is 10.6. The number of carbonyl (C=O) groups is 1. The third kappa shape index (κ3) is 11.3. The summed E-state index contributed by atoms with van der Waals surface area (Å²) < 4.78 is 22.0. The van der Waals surface area contributed by atoms with Gasteiger partial charge in [0, 0.05) is 32.5 Å². The molecule has 8 heteroatoms. The van der Waals surface area contributed by atoms with Crippen LogP contribution in [0.25, 0.3) is 0 Å². The van der Waals surface area contributed by atoms with Crippen LogP contribution < -0.4 is 15.8 Å². The molecular formula is C22H39N3O5. The van der Waals surface area contributed by atoms with E-state index in [2.05, 4.69) is 5.32 Å². The van der Waals surface area contributed by atoms with Crippen LogP contribution in [0.2, 0.25) is 0 Å². The third-order valence-corrected chi connectivity index (χ3v) is 4.60. The van der Waals surface area contributed by atoms with E-state index in [0.29, 0.717) is 45.3 Å². The summed E-state index contributed by atoms with van der Waals surface area (Å²) in [7, 11) is 3.70. The zero-order valence-corrected chi connectivity index (χ0v) is 19.0. The average Bonchev–Trinajstić information content (AvgIpc) is 2.73. The zero-order valence-electron chi connectivity index (χ0n) is 19.0. The Morgan fingerprint density at radius 1 is 0.967 bits per heavy atom. The van der Waals surface area contributed by atoms with Crippen LogP contribution in [0.5, 0.6) is 5.75 Å². The van der Waals surface area contributed by atoms with E-state index >= 15 is 0 Å². The summed E-state index contributed by atoms with van der Waals surface area (Å²) in [6.45, 7) is 9.03. The second-order valence-electron chi connectivity index (χ2n) is 7.22. The van der Waals surface area contributed by atoms with Crippen LogP contribution >= 0.6 is 0 Å². The number of nitrogens with two attached hydrogens (primary N) is 1. The van der Waals surface area contributed by atoms with Crippen molar-refractivity contribution in [3.63, 3.8) is 0 Å². The number of nitrogens with one attached hydrogen (secondary N) is 1. The molecule has 1 aromatic carbocycles. The molecule has 3 N–H and O–H groups in total. The summed E-state index contributed by atoms with van der Waals surface area (Å²) >= 11 is 0. The first kappa shape index (κ1) is 26.2. The van der Waals surface area contributed by atoms with Gasteiger partial charge in [-0.25, -0.2) is 0 Å². The minimum absolute atomic E-state index is 0.00498.